The highest BCUT2D eigenvalue weighted by molar-refractivity contribution is 6.04. The smallest absolute Gasteiger partial charge is 0.256 e. The molecule has 1 amide bonds. The number of hydrogen-bond donors (Lipinski definition) is 1. The van der Waals surface area contributed by atoms with Crippen LogP contribution in [0.25, 0.3) is 22.2 Å². The molecule has 1 fully saturated rings. The maximum atomic E-state index is 13.4. The first-order valence-corrected chi connectivity index (χ1v) is 10.6. The molecule has 6 rings (SSSR count). The highest BCUT2D eigenvalue weighted by Crippen LogP contribution is 2.37. The Morgan fingerprint density at radius 2 is 1.81 bits per heavy atom. The Kier molecular flexibility index (Phi) is 4.02. The van der Waals surface area contributed by atoms with Gasteiger partial charge in [0.2, 0.25) is 0 Å². The van der Waals surface area contributed by atoms with Gasteiger partial charge in [-0.05, 0) is 41.7 Å². The molecule has 4 heterocycles. The lowest BCUT2D eigenvalue weighted by atomic mass is 9.82. The van der Waals surface area contributed by atoms with Crippen LogP contribution in [-0.4, -0.2) is 43.9 Å². The minimum absolute atomic E-state index is 0.0239. The fourth-order valence-corrected chi connectivity index (χ4v) is 5.13. The Balaban J connectivity index is 1.36. The zero-order chi connectivity index (χ0) is 20.9. The van der Waals surface area contributed by atoms with Crippen LogP contribution in [0.5, 0.6) is 0 Å². The van der Waals surface area contributed by atoms with Gasteiger partial charge in [-0.2, -0.15) is 15.4 Å². The highest BCUT2D eigenvalue weighted by atomic mass is 16.2. The van der Waals surface area contributed by atoms with Gasteiger partial charge in [-0.25, -0.2) is 0 Å². The molecule has 31 heavy (non-hydrogen) atoms. The Morgan fingerprint density at radius 3 is 2.68 bits per heavy atom. The second-order valence-corrected chi connectivity index (χ2v) is 8.49. The first kappa shape index (κ1) is 18.1. The van der Waals surface area contributed by atoms with E-state index in [2.05, 4.69) is 21.5 Å². The second-order valence-electron chi connectivity index (χ2n) is 8.49. The van der Waals surface area contributed by atoms with Crippen LogP contribution in [0.4, 0.5) is 0 Å². The van der Waals surface area contributed by atoms with Crippen LogP contribution in [0.3, 0.4) is 0 Å². The zero-order valence-corrected chi connectivity index (χ0v) is 16.9. The number of likely N-dealkylation sites (tertiary alicyclic amines) is 1. The van der Waals surface area contributed by atoms with E-state index >= 15 is 0 Å². The number of nitrogens with one attached hydrogen (secondary N) is 1. The number of rotatable bonds is 2. The van der Waals surface area contributed by atoms with Crippen LogP contribution >= 0.6 is 0 Å². The lowest BCUT2D eigenvalue weighted by molar-refractivity contribution is 0.0596. The predicted molar refractivity (Wildman–Crippen MR) is 117 cm³/mol. The summed E-state index contributed by atoms with van der Waals surface area (Å²) in [6, 6.07) is 19.3. The van der Waals surface area contributed by atoms with Gasteiger partial charge in [-0.3, -0.25) is 9.59 Å². The van der Waals surface area contributed by atoms with Crippen molar-refractivity contribution in [2.45, 2.75) is 18.9 Å². The number of nitrogens with zero attached hydrogens (tertiary/aromatic N) is 4. The SMILES string of the molecule is O=C(c1cccc2n[nH]nc12)N1C[C@@H]2C[C@H](C1)c1cc(-c3ccccc3)cc(=O)n1C2. The van der Waals surface area contributed by atoms with E-state index in [9.17, 15) is 9.59 Å². The Morgan fingerprint density at radius 1 is 0.935 bits per heavy atom. The molecule has 2 aromatic heterocycles. The van der Waals surface area contributed by atoms with E-state index in [1.165, 1.54) is 0 Å². The molecule has 1 N–H and O–H groups in total. The maximum Gasteiger partial charge on any atom is 0.256 e. The van der Waals surface area contributed by atoms with Crippen LogP contribution in [-0.2, 0) is 6.54 Å². The first-order valence-electron chi connectivity index (χ1n) is 10.6. The number of H-pyrrole nitrogens is 1. The van der Waals surface area contributed by atoms with E-state index in [4.69, 9.17) is 0 Å². The summed E-state index contributed by atoms with van der Waals surface area (Å²) in [6.45, 7) is 1.90. The predicted octanol–water partition coefficient (Wildman–Crippen LogP) is 3.05. The number of fused-ring (bicyclic) bond motifs is 5. The van der Waals surface area contributed by atoms with Gasteiger partial charge < -0.3 is 9.47 Å². The molecular weight excluding hydrogens is 390 g/mol. The van der Waals surface area contributed by atoms with Gasteiger partial charge in [0.1, 0.15) is 11.0 Å². The number of carbonyl (C=O) groups excluding carboxylic acids is 1. The third-order valence-electron chi connectivity index (χ3n) is 6.53. The average Bonchev–Trinajstić information content (AvgIpc) is 3.29. The standard InChI is InChI=1S/C24H21N5O2/c30-22-11-17(16-5-2-1-3-6-16)10-21-18-9-15(13-29(21)22)12-28(14-18)24(31)19-7-4-8-20-23(19)26-27-25-20/h1-8,10-11,15,18H,9,12-14H2,(H,25,26,27)/t15-,18+/m0/s1. The number of piperidine rings is 1. The summed E-state index contributed by atoms with van der Waals surface area (Å²) in [5, 5.41) is 10.9. The summed E-state index contributed by atoms with van der Waals surface area (Å²) in [5.74, 6) is 0.389. The van der Waals surface area contributed by atoms with Crippen molar-refractivity contribution in [3.8, 4) is 11.1 Å². The highest BCUT2D eigenvalue weighted by Gasteiger charge is 2.37. The molecule has 1 saturated heterocycles. The van der Waals surface area contributed by atoms with Crippen molar-refractivity contribution in [2.24, 2.45) is 5.92 Å². The molecule has 7 heteroatoms. The molecule has 0 aliphatic carbocycles. The number of hydrogen-bond acceptors (Lipinski definition) is 4. The van der Waals surface area contributed by atoms with Crippen molar-refractivity contribution >= 4 is 16.9 Å². The van der Waals surface area contributed by atoms with Crippen LogP contribution in [0.2, 0.25) is 0 Å². The quantitative estimate of drug-likeness (QED) is 0.550. The summed E-state index contributed by atoms with van der Waals surface area (Å²) >= 11 is 0. The van der Waals surface area contributed by atoms with E-state index in [-0.39, 0.29) is 23.3 Å². The van der Waals surface area contributed by atoms with Crippen LogP contribution in [0, 0.1) is 5.92 Å². The molecule has 7 nitrogen and oxygen atoms in total. The molecule has 154 valence electrons. The Bertz CT molecular complexity index is 1360. The number of benzene rings is 2. The van der Waals surface area contributed by atoms with E-state index < -0.39 is 0 Å². The lowest BCUT2D eigenvalue weighted by Crippen LogP contribution is -2.49. The van der Waals surface area contributed by atoms with Crippen molar-refractivity contribution in [3.05, 3.63) is 82.3 Å². The lowest BCUT2D eigenvalue weighted by Gasteiger charge is -2.43. The third-order valence-corrected chi connectivity index (χ3v) is 6.53. The normalized spacial score (nSPS) is 19.9. The minimum Gasteiger partial charge on any atom is -0.338 e. The number of para-hydroxylation sites is 1. The fourth-order valence-electron chi connectivity index (χ4n) is 5.13. The number of carbonyl (C=O) groups is 1. The molecule has 2 aromatic carbocycles. The van der Waals surface area contributed by atoms with E-state index in [0.717, 1.165) is 23.2 Å². The molecule has 2 atom stereocenters. The monoisotopic (exact) mass is 411 g/mol. The molecule has 2 aliphatic rings. The summed E-state index contributed by atoms with van der Waals surface area (Å²) < 4.78 is 1.91. The van der Waals surface area contributed by atoms with Gasteiger partial charge in [-0.15, -0.1) is 0 Å². The van der Waals surface area contributed by atoms with Crippen LogP contribution in [0.15, 0.2) is 65.5 Å². The Labute approximate surface area is 178 Å². The molecule has 0 saturated carbocycles. The van der Waals surface area contributed by atoms with Crippen LogP contribution in [0.1, 0.15) is 28.4 Å². The van der Waals surface area contributed by atoms with Gasteiger partial charge in [0, 0.05) is 37.3 Å². The molecule has 0 radical (unpaired) electrons. The minimum atomic E-state index is -0.0239. The van der Waals surface area contributed by atoms with Gasteiger partial charge in [0.15, 0.2) is 0 Å². The van der Waals surface area contributed by atoms with Crippen molar-refractivity contribution < 1.29 is 4.79 Å². The van der Waals surface area contributed by atoms with E-state index in [0.29, 0.717) is 36.2 Å². The maximum absolute atomic E-state index is 13.4. The number of aromatic amines is 1. The topological polar surface area (TPSA) is 83.9 Å². The van der Waals surface area contributed by atoms with Gasteiger partial charge in [0.25, 0.3) is 11.5 Å². The molecule has 0 spiro atoms. The van der Waals surface area contributed by atoms with E-state index in [1.54, 1.807) is 6.07 Å². The summed E-state index contributed by atoms with van der Waals surface area (Å²) in [7, 11) is 0. The summed E-state index contributed by atoms with van der Waals surface area (Å²) in [4.78, 5) is 28.2. The fraction of sp³-hybridized carbons (Fsp3) is 0.250. The average molecular weight is 411 g/mol. The van der Waals surface area contributed by atoms with Gasteiger partial charge >= 0.3 is 0 Å². The number of amides is 1. The molecule has 0 unspecified atom stereocenters. The summed E-state index contributed by atoms with van der Waals surface area (Å²) in [5.41, 5.74) is 4.90. The summed E-state index contributed by atoms with van der Waals surface area (Å²) in [6.07, 6.45) is 0.996. The van der Waals surface area contributed by atoms with Crippen LogP contribution < -0.4 is 5.56 Å². The zero-order valence-electron chi connectivity index (χ0n) is 16.9. The first-order chi connectivity index (χ1) is 15.2. The van der Waals surface area contributed by atoms with Crippen molar-refractivity contribution in [2.75, 3.05) is 13.1 Å². The number of pyridine rings is 1. The third kappa shape index (κ3) is 2.96. The van der Waals surface area contributed by atoms with Crippen molar-refractivity contribution in [1.82, 2.24) is 24.9 Å². The molecule has 2 bridgehead atoms. The largest absolute Gasteiger partial charge is 0.338 e. The number of aromatic nitrogens is 4. The molecular formula is C24H21N5O2. The van der Waals surface area contributed by atoms with Crippen molar-refractivity contribution in [1.29, 1.82) is 0 Å². The molecule has 4 aromatic rings. The Hall–Kier alpha value is -3.74. The van der Waals surface area contributed by atoms with Crippen molar-refractivity contribution in [3.63, 3.8) is 0 Å². The molecule has 2 aliphatic heterocycles. The second kappa shape index (κ2) is 6.91. The van der Waals surface area contributed by atoms with Gasteiger partial charge in [-0.1, -0.05) is 36.4 Å². The van der Waals surface area contributed by atoms with E-state index in [1.807, 2.05) is 58.0 Å². The van der Waals surface area contributed by atoms with Gasteiger partial charge in [0.05, 0.1) is 5.56 Å².